The van der Waals surface area contributed by atoms with Crippen LogP contribution in [-0.2, 0) is 4.43 Å². The van der Waals surface area contributed by atoms with Gasteiger partial charge in [0, 0.05) is 6.10 Å². The molecule has 0 fully saturated rings. The largest absolute Gasteiger partial charge is 0.409 e. The highest BCUT2D eigenvalue weighted by molar-refractivity contribution is 6.49. The van der Waals surface area contributed by atoms with E-state index in [1.54, 1.807) is 0 Å². The smallest absolute Gasteiger partial charge is 0.269 e. The predicted octanol–water partition coefficient (Wildman–Crippen LogP) is 5.41. The first-order chi connectivity index (χ1) is 12.2. The van der Waals surface area contributed by atoms with E-state index in [4.69, 9.17) is 4.43 Å². The van der Waals surface area contributed by atoms with Crippen molar-refractivity contribution in [1.82, 2.24) is 0 Å². The lowest BCUT2D eigenvalue weighted by atomic mass is 9.90. The molecule has 25 heavy (non-hydrogen) atoms. The molecule has 5 aromatic carbocycles. The third-order valence-corrected chi connectivity index (χ3v) is 5.99. The fraction of sp³-hybridized carbons (Fsp3) is 0.130. The van der Waals surface area contributed by atoms with Gasteiger partial charge in [0.2, 0.25) is 0 Å². The third-order valence-electron chi connectivity index (χ3n) is 4.87. The van der Waals surface area contributed by atoms with Gasteiger partial charge in [0.1, 0.15) is 0 Å². The molecule has 0 aromatic heterocycles. The molecule has 0 saturated heterocycles. The Morgan fingerprint density at radius 2 is 1.24 bits per heavy atom. The molecule has 2 radical (unpaired) electrons. The zero-order valence-electron chi connectivity index (χ0n) is 14.3. The van der Waals surface area contributed by atoms with Gasteiger partial charge in [0.25, 0.3) is 9.76 Å². The Bertz CT molecular complexity index is 1220. The van der Waals surface area contributed by atoms with Gasteiger partial charge in [-0.2, -0.15) is 0 Å². The van der Waals surface area contributed by atoms with E-state index in [1.807, 2.05) is 0 Å². The normalized spacial score (nSPS) is 12.3. The third kappa shape index (κ3) is 2.25. The van der Waals surface area contributed by atoms with Crippen LogP contribution in [0.4, 0.5) is 0 Å². The molecule has 0 spiro atoms. The zero-order chi connectivity index (χ0) is 17.0. The Balaban J connectivity index is 1.96. The van der Waals surface area contributed by atoms with E-state index in [-0.39, 0.29) is 6.10 Å². The minimum atomic E-state index is 0.251. The van der Waals surface area contributed by atoms with Gasteiger partial charge in [0.05, 0.1) is 0 Å². The fourth-order valence-corrected chi connectivity index (χ4v) is 4.69. The summed E-state index contributed by atoms with van der Waals surface area (Å²) >= 11 is 0. The van der Waals surface area contributed by atoms with E-state index in [1.165, 1.54) is 48.3 Å². The van der Waals surface area contributed by atoms with Crippen LogP contribution in [0.15, 0.2) is 66.7 Å². The number of hydrogen-bond donors (Lipinski definition) is 0. The molecule has 0 unspecified atom stereocenters. The number of benzene rings is 5. The van der Waals surface area contributed by atoms with Gasteiger partial charge in [-0.05, 0) is 62.1 Å². The molecule has 120 valence electrons. The van der Waals surface area contributed by atoms with Crippen molar-refractivity contribution in [2.24, 2.45) is 0 Å². The van der Waals surface area contributed by atoms with Gasteiger partial charge in [-0.15, -0.1) is 0 Å². The summed E-state index contributed by atoms with van der Waals surface area (Å²) in [5.74, 6) is 0. The van der Waals surface area contributed by atoms with Crippen LogP contribution in [0.1, 0.15) is 13.8 Å². The van der Waals surface area contributed by atoms with Crippen LogP contribution in [0, 0.1) is 0 Å². The van der Waals surface area contributed by atoms with E-state index in [9.17, 15) is 0 Å². The fourth-order valence-electron chi connectivity index (χ4n) is 3.90. The topological polar surface area (TPSA) is 9.23 Å². The van der Waals surface area contributed by atoms with Crippen molar-refractivity contribution in [3.8, 4) is 0 Å². The Labute approximate surface area is 149 Å². The Morgan fingerprint density at radius 3 is 1.88 bits per heavy atom. The molecule has 0 amide bonds. The predicted molar refractivity (Wildman–Crippen MR) is 109 cm³/mol. The lowest BCUT2D eigenvalue weighted by Gasteiger charge is -2.15. The van der Waals surface area contributed by atoms with Crippen molar-refractivity contribution < 1.29 is 4.43 Å². The highest BCUT2D eigenvalue weighted by Gasteiger charge is 2.13. The molecule has 0 bridgehead atoms. The molecule has 2 heteroatoms. The van der Waals surface area contributed by atoms with E-state index in [0.717, 1.165) is 0 Å². The van der Waals surface area contributed by atoms with Gasteiger partial charge in [0.15, 0.2) is 0 Å². The van der Waals surface area contributed by atoms with Crippen molar-refractivity contribution in [3.05, 3.63) is 66.7 Å². The molecule has 0 saturated carbocycles. The number of fused-ring (bicyclic) bond motifs is 2. The molecule has 5 aromatic rings. The molecule has 0 heterocycles. The van der Waals surface area contributed by atoms with Crippen molar-refractivity contribution in [3.63, 3.8) is 0 Å². The van der Waals surface area contributed by atoms with Gasteiger partial charge in [-0.3, -0.25) is 0 Å². The second kappa shape index (κ2) is 5.55. The van der Waals surface area contributed by atoms with E-state index >= 15 is 0 Å². The summed E-state index contributed by atoms with van der Waals surface area (Å²) in [6.45, 7) is 4.18. The summed E-state index contributed by atoms with van der Waals surface area (Å²) in [6, 6.07) is 24.5. The van der Waals surface area contributed by atoms with Crippen molar-refractivity contribution in [2.75, 3.05) is 0 Å². The van der Waals surface area contributed by atoms with Crippen molar-refractivity contribution in [2.45, 2.75) is 20.0 Å². The van der Waals surface area contributed by atoms with Gasteiger partial charge >= 0.3 is 0 Å². The maximum atomic E-state index is 5.89. The maximum absolute atomic E-state index is 5.89. The van der Waals surface area contributed by atoms with Crippen LogP contribution in [0.2, 0.25) is 0 Å². The van der Waals surface area contributed by atoms with Crippen LogP contribution in [0.5, 0.6) is 0 Å². The molecule has 0 aliphatic carbocycles. The summed E-state index contributed by atoms with van der Waals surface area (Å²) in [5.41, 5.74) is 0. The second-order valence-corrected chi connectivity index (χ2v) is 7.92. The maximum Gasteiger partial charge on any atom is 0.269 e. The molecule has 0 aliphatic rings. The molecular formula is C23H18OSi. The summed E-state index contributed by atoms with van der Waals surface area (Å²) < 4.78 is 5.89. The van der Waals surface area contributed by atoms with Crippen LogP contribution < -0.4 is 5.19 Å². The molecule has 0 atom stereocenters. The quantitative estimate of drug-likeness (QED) is 0.243. The Morgan fingerprint density at radius 1 is 0.680 bits per heavy atom. The average molecular weight is 338 g/mol. The van der Waals surface area contributed by atoms with Crippen molar-refractivity contribution >= 4 is 58.0 Å². The first-order valence-corrected chi connectivity index (χ1v) is 9.64. The summed E-state index contributed by atoms with van der Waals surface area (Å²) in [7, 11) is 0.382. The summed E-state index contributed by atoms with van der Waals surface area (Å²) in [5, 5.41) is 12.0. The van der Waals surface area contributed by atoms with Crippen LogP contribution >= 0.6 is 0 Å². The van der Waals surface area contributed by atoms with Gasteiger partial charge in [-0.1, -0.05) is 66.7 Å². The van der Waals surface area contributed by atoms with Crippen LogP contribution in [0.3, 0.4) is 0 Å². The average Bonchev–Trinajstić information content (AvgIpc) is 2.64. The minimum absolute atomic E-state index is 0.251. The molecule has 0 aliphatic heterocycles. The Kier molecular flexibility index (Phi) is 3.30. The molecular weight excluding hydrogens is 320 g/mol. The second-order valence-electron chi connectivity index (χ2n) is 6.91. The SMILES string of the molecule is CC(C)O[Si]c1cc2cccc3c4cccc5cccc(c(c1)c23)c54. The van der Waals surface area contributed by atoms with Crippen molar-refractivity contribution in [1.29, 1.82) is 0 Å². The summed E-state index contributed by atoms with van der Waals surface area (Å²) in [4.78, 5) is 0. The first kappa shape index (κ1) is 14.9. The number of rotatable bonds is 3. The summed E-state index contributed by atoms with van der Waals surface area (Å²) in [6.07, 6.45) is 0.251. The Hall–Kier alpha value is -2.42. The lowest BCUT2D eigenvalue weighted by molar-refractivity contribution is 0.260. The first-order valence-electron chi connectivity index (χ1n) is 8.73. The van der Waals surface area contributed by atoms with Crippen LogP contribution in [-0.4, -0.2) is 15.9 Å². The number of hydrogen-bond acceptors (Lipinski definition) is 1. The minimum Gasteiger partial charge on any atom is -0.409 e. The van der Waals surface area contributed by atoms with Gasteiger partial charge < -0.3 is 4.43 Å². The standard InChI is InChI=1S/C23H18OSi/c1-14(2)24-25-17-12-16-8-5-10-19-18-9-3-6-15-7-4-11-20(22(15)18)21(13-17)23(16)19/h3-14H,1-2H3. The highest BCUT2D eigenvalue weighted by atomic mass is 28.2. The van der Waals surface area contributed by atoms with E-state index < -0.39 is 0 Å². The monoisotopic (exact) mass is 338 g/mol. The molecule has 0 N–H and O–H groups in total. The van der Waals surface area contributed by atoms with Gasteiger partial charge in [-0.25, -0.2) is 0 Å². The van der Waals surface area contributed by atoms with E-state index in [0.29, 0.717) is 9.76 Å². The molecule has 5 rings (SSSR count). The lowest BCUT2D eigenvalue weighted by Crippen LogP contribution is -2.20. The zero-order valence-corrected chi connectivity index (χ0v) is 15.3. The van der Waals surface area contributed by atoms with Crippen LogP contribution in [0.25, 0.3) is 43.1 Å². The van der Waals surface area contributed by atoms with E-state index in [2.05, 4.69) is 80.6 Å². The molecule has 1 nitrogen and oxygen atoms in total. The highest BCUT2D eigenvalue weighted by Crippen LogP contribution is 2.39.